The lowest BCUT2D eigenvalue weighted by molar-refractivity contribution is -0.156. The van der Waals surface area contributed by atoms with Crippen LogP contribution in [0.15, 0.2) is 24.3 Å². The van der Waals surface area contributed by atoms with Crippen LogP contribution in [0, 0.1) is 0 Å². The highest BCUT2D eigenvalue weighted by Crippen LogP contribution is 2.10. The van der Waals surface area contributed by atoms with E-state index in [1.54, 1.807) is 12.1 Å². The molecule has 1 aromatic carbocycles. The third-order valence-corrected chi connectivity index (χ3v) is 4.34. The van der Waals surface area contributed by atoms with E-state index in [1.807, 2.05) is 72.7 Å². The highest BCUT2D eigenvalue weighted by Gasteiger charge is 2.18. The molecule has 1 rings (SSSR count). The predicted octanol–water partition coefficient (Wildman–Crippen LogP) is 2.88. The first-order chi connectivity index (χ1) is 15.6. The zero-order valence-electron chi connectivity index (χ0n) is 22.3. The molecule has 0 heterocycles. The van der Waals surface area contributed by atoms with E-state index in [9.17, 15) is 19.6 Å². The fourth-order valence-electron chi connectivity index (χ4n) is 2.99. The van der Waals surface area contributed by atoms with Crippen molar-refractivity contribution in [2.75, 3.05) is 27.2 Å². The molecular formula is C26H49BN2O6. The van der Waals surface area contributed by atoms with E-state index < -0.39 is 12.7 Å². The smallest absolute Gasteiger partial charge is 0.460 e. The molecule has 0 amide bonds. The van der Waals surface area contributed by atoms with Crippen LogP contribution in [0.1, 0.15) is 80.2 Å². The van der Waals surface area contributed by atoms with Gasteiger partial charge in [0, 0.05) is 19.4 Å². The lowest BCUT2D eigenvalue weighted by atomic mass is 9.77. The van der Waals surface area contributed by atoms with E-state index in [2.05, 4.69) is 5.32 Å². The highest BCUT2D eigenvalue weighted by molar-refractivity contribution is 6.59. The maximum absolute atomic E-state index is 11.6. The summed E-state index contributed by atoms with van der Waals surface area (Å²) in [6.45, 7) is 13.4. The minimum Gasteiger partial charge on any atom is -0.460 e. The average molecular weight is 496 g/mol. The van der Waals surface area contributed by atoms with Crippen molar-refractivity contribution in [1.82, 2.24) is 10.2 Å². The van der Waals surface area contributed by atoms with Crippen molar-refractivity contribution in [3.63, 3.8) is 0 Å². The summed E-state index contributed by atoms with van der Waals surface area (Å²) in [5.41, 5.74) is 0.592. The van der Waals surface area contributed by atoms with Gasteiger partial charge in [-0.05, 0) is 92.6 Å². The number of benzene rings is 1. The summed E-state index contributed by atoms with van der Waals surface area (Å²) in [4.78, 5) is 24.8. The molecule has 3 N–H and O–H groups in total. The number of nitrogens with zero attached hydrogens (tertiary/aromatic N) is 1. The SMILES string of the molecule is C.CN(CCCC(=O)OC(C)(C)C)Cc1ccccc1B(O)O.CNCCCC(=O)OC(C)(C)C. The van der Waals surface area contributed by atoms with Crippen molar-refractivity contribution in [2.24, 2.45) is 0 Å². The van der Waals surface area contributed by atoms with Gasteiger partial charge in [-0.3, -0.25) is 9.59 Å². The second-order valence-corrected chi connectivity index (χ2v) is 10.3. The summed E-state index contributed by atoms with van der Waals surface area (Å²) in [6, 6.07) is 7.23. The number of ether oxygens (including phenoxy) is 2. The number of esters is 2. The molecule has 35 heavy (non-hydrogen) atoms. The van der Waals surface area contributed by atoms with Gasteiger partial charge in [0.15, 0.2) is 0 Å². The van der Waals surface area contributed by atoms with Gasteiger partial charge in [0.1, 0.15) is 11.2 Å². The summed E-state index contributed by atoms with van der Waals surface area (Å²) in [5.74, 6) is -0.301. The molecule has 0 aliphatic carbocycles. The second-order valence-electron chi connectivity index (χ2n) is 10.3. The molecular weight excluding hydrogens is 447 g/mol. The van der Waals surface area contributed by atoms with Gasteiger partial charge in [-0.15, -0.1) is 0 Å². The van der Waals surface area contributed by atoms with Crippen LogP contribution in [0.5, 0.6) is 0 Å². The number of hydrogen-bond acceptors (Lipinski definition) is 8. The Morgan fingerprint density at radius 1 is 0.943 bits per heavy atom. The number of hydrogen-bond donors (Lipinski definition) is 3. The monoisotopic (exact) mass is 496 g/mol. The zero-order valence-corrected chi connectivity index (χ0v) is 22.3. The van der Waals surface area contributed by atoms with Gasteiger partial charge >= 0.3 is 19.1 Å². The van der Waals surface area contributed by atoms with Crippen molar-refractivity contribution in [1.29, 1.82) is 0 Å². The summed E-state index contributed by atoms with van der Waals surface area (Å²) in [6.07, 6.45) is 2.42. The minimum atomic E-state index is -1.47. The first kappa shape index (κ1) is 35.2. The first-order valence-electron chi connectivity index (χ1n) is 11.9. The van der Waals surface area contributed by atoms with Crippen molar-refractivity contribution < 1.29 is 29.1 Å². The molecule has 0 radical (unpaired) electrons. The van der Waals surface area contributed by atoms with Crippen LogP contribution in [0.3, 0.4) is 0 Å². The maximum Gasteiger partial charge on any atom is 0.488 e. The largest absolute Gasteiger partial charge is 0.488 e. The molecule has 0 aromatic heterocycles. The van der Waals surface area contributed by atoms with E-state index in [0.29, 0.717) is 31.3 Å². The van der Waals surface area contributed by atoms with Crippen LogP contribution in [0.25, 0.3) is 0 Å². The molecule has 9 heteroatoms. The van der Waals surface area contributed by atoms with Crippen LogP contribution >= 0.6 is 0 Å². The van der Waals surface area contributed by atoms with Crippen molar-refractivity contribution >= 4 is 24.5 Å². The summed E-state index contributed by atoms with van der Waals surface area (Å²) < 4.78 is 10.4. The Morgan fingerprint density at radius 2 is 1.43 bits per heavy atom. The molecule has 0 spiro atoms. The Balaban J connectivity index is 0. The average Bonchev–Trinajstić information content (AvgIpc) is 2.66. The quantitative estimate of drug-likeness (QED) is 0.244. The zero-order chi connectivity index (χ0) is 26.4. The van der Waals surface area contributed by atoms with Crippen molar-refractivity contribution in [3.8, 4) is 0 Å². The Morgan fingerprint density at radius 3 is 1.89 bits per heavy atom. The topological polar surface area (TPSA) is 108 Å². The summed E-state index contributed by atoms with van der Waals surface area (Å²) in [7, 11) is 2.34. The van der Waals surface area contributed by atoms with Gasteiger partial charge in [-0.25, -0.2) is 0 Å². The molecule has 0 bridgehead atoms. The van der Waals surface area contributed by atoms with Gasteiger partial charge < -0.3 is 29.7 Å². The van der Waals surface area contributed by atoms with Crippen molar-refractivity contribution in [3.05, 3.63) is 29.8 Å². The third kappa shape index (κ3) is 20.0. The van der Waals surface area contributed by atoms with E-state index >= 15 is 0 Å². The predicted molar refractivity (Wildman–Crippen MR) is 143 cm³/mol. The van der Waals surface area contributed by atoms with Gasteiger partial charge in [-0.1, -0.05) is 31.7 Å². The minimum absolute atomic E-state index is 0. The van der Waals surface area contributed by atoms with E-state index in [1.165, 1.54) is 0 Å². The summed E-state index contributed by atoms with van der Waals surface area (Å²) in [5, 5.41) is 21.7. The standard InChI is InChI=1S/C16H26BNO4.C9H19NO2.CH4/c1-16(2,3)22-15(19)10-7-11-18(4)12-13-8-5-6-9-14(13)17(20)21;1-9(2,3)12-8(11)6-5-7-10-4;/h5-6,8-9,20-21H,7,10-12H2,1-4H3;10H,5-7H2,1-4H3;1H4. The molecule has 8 nitrogen and oxygen atoms in total. The lowest BCUT2D eigenvalue weighted by Crippen LogP contribution is -2.35. The Hall–Kier alpha value is -1.94. The first-order valence-corrected chi connectivity index (χ1v) is 11.9. The van der Waals surface area contributed by atoms with Crippen LogP contribution in [-0.4, -0.2) is 72.4 Å². The van der Waals surface area contributed by atoms with Gasteiger partial charge in [0.2, 0.25) is 0 Å². The second kappa shape index (κ2) is 17.5. The molecule has 0 aliphatic rings. The fraction of sp³-hybridized carbons (Fsp3) is 0.692. The highest BCUT2D eigenvalue weighted by atomic mass is 16.6. The van der Waals surface area contributed by atoms with Crippen LogP contribution < -0.4 is 10.8 Å². The molecule has 0 saturated carbocycles. The molecule has 0 saturated heterocycles. The lowest BCUT2D eigenvalue weighted by Gasteiger charge is -2.21. The molecule has 0 atom stereocenters. The Bertz CT molecular complexity index is 729. The van der Waals surface area contributed by atoms with Gasteiger partial charge in [-0.2, -0.15) is 0 Å². The maximum atomic E-state index is 11.6. The Labute approximate surface area is 213 Å². The molecule has 202 valence electrons. The van der Waals surface area contributed by atoms with Gasteiger partial charge in [0.25, 0.3) is 0 Å². The van der Waals surface area contributed by atoms with E-state index in [0.717, 1.165) is 25.1 Å². The summed E-state index contributed by atoms with van der Waals surface area (Å²) >= 11 is 0. The van der Waals surface area contributed by atoms with Crippen LogP contribution in [-0.2, 0) is 25.6 Å². The van der Waals surface area contributed by atoms with Gasteiger partial charge in [0.05, 0.1) is 0 Å². The molecule has 0 aliphatic heterocycles. The fourth-order valence-corrected chi connectivity index (χ4v) is 2.99. The third-order valence-electron chi connectivity index (χ3n) is 4.34. The molecule has 1 aromatic rings. The molecule has 0 fully saturated rings. The van der Waals surface area contributed by atoms with E-state index in [4.69, 9.17) is 9.47 Å². The number of carbonyl (C=O) groups is 2. The number of nitrogens with one attached hydrogen (secondary N) is 1. The Kier molecular flexibility index (Phi) is 17.6. The molecule has 0 unspecified atom stereocenters. The van der Waals surface area contributed by atoms with Crippen molar-refractivity contribution in [2.45, 2.75) is 92.4 Å². The van der Waals surface area contributed by atoms with Crippen LogP contribution in [0.4, 0.5) is 0 Å². The van der Waals surface area contributed by atoms with Crippen LogP contribution in [0.2, 0.25) is 0 Å². The van der Waals surface area contributed by atoms with E-state index in [-0.39, 0.29) is 25.0 Å². The number of carbonyl (C=O) groups excluding carboxylic acids is 2. The number of rotatable bonds is 11. The normalized spacial score (nSPS) is 11.2.